The molecule has 0 spiro atoms. The van der Waals surface area contributed by atoms with E-state index < -0.39 is 16.1 Å². The van der Waals surface area contributed by atoms with E-state index in [-0.39, 0.29) is 6.54 Å². The van der Waals surface area contributed by atoms with Gasteiger partial charge in [0, 0.05) is 24.8 Å². The van der Waals surface area contributed by atoms with E-state index in [0.717, 1.165) is 19.7 Å². The third-order valence-electron chi connectivity index (χ3n) is 3.77. The lowest BCUT2D eigenvalue weighted by Crippen LogP contribution is -2.44. The molecule has 0 saturated heterocycles. The maximum absolute atomic E-state index is 12.8. The highest BCUT2D eigenvalue weighted by molar-refractivity contribution is 7.90. The van der Waals surface area contributed by atoms with Crippen LogP contribution in [0.25, 0.3) is 0 Å². The molecule has 0 bridgehead atoms. The average molecular weight is 396 g/mol. The lowest BCUT2D eigenvalue weighted by molar-refractivity contribution is -0.114. The second-order valence-corrected chi connectivity index (χ2v) is 8.65. The van der Waals surface area contributed by atoms with E-state index >= 15 is 0 Å². The van der Waals surface area contributed by atoms with Gasteiger partial charge in [-0.25, -0.2) is 4.31 Å². The summed E-state index contributed by atoms with van der Waals surface area (Å²) in [6.45, 7) is 3.33. The van der Waals surface area contributed by atoms with Gasteiger partial charge in [0.25, 0.3) is 0 Å². The lowest BCUT2D eigenvalue weighted by atomic mass is 10.1. The van der Waals surface area contributed by atoms with Gasteiger partial charge in [0.05, 0.1) is 5.69 Å². The molecule has 2 aromatic carbocycles. The molecule has 2 rings (SSSR count). The van der Waals surface area contributed by atoms with Crippen molar-refractivity contribution >= 4 is 39.1 Å². The van der Waals surface area contributed by atoms with Crippen LogP contribution in [0.3, 0.4) is 0 Å². The fraction of sp³-hybridized carbons (Fsp3) is 0.278. The molecular formula is C18H22ClN3O3S. The predicted molar refractivity (Wildman–Crippen MR) is 106 cm³/mol. The van der Waals surface area contributed by atoms with Crippen LogP contribution in [0.4, 0.5) is 11.4 Å². The number of anilines is 2. The molecule has 0 aliphatic rings. The molecule has 0 aromatic heterocycles. The van der Waals surface area contributed by atoms with E-state index in [1.54, 1.807) is 30.3 Å². The van der Waals surface area contributed by atoms with Gasteiger partial charge in [-0.05, 0) is 49.2 Å². The third-order valence-corrected chi connectivity index (χ3v) is 5.81. The Morgan fingerprint density at radius 1 is 1.12 bits per heavy atom. The Labute approximate surface area is 159 Å². The first kappa shape index (κ1) is 20.2. The number of carbonyl (C=O) groups is 1. The standard InChI is InChI=1S/C18H22ClN3O3S/c1-13-8-9-14(2)17(10-13)22(26(24,25)21(3)4)12-18(23)20-16-7-5-6-15(19)11-16/h5-11H,12H2,1-4H3,(H,20,23). The van der Waals surface area contributed by atoms with Crippen LogP contribution < -0.4 is 9.62 Å². The summed E-state index contributed by atoms with van der Waals surface area (Å²) in [6.07, 6.45) is 0. The normalized spacial score (nSPS) is 11.5. The summed E-state index contributed by atoms with van der Waals surface area (Å²) in [5.41, 5.74) is 2.64. The van der Waals surface area contributed by atoms with Crippen molar-refractivity contribution in [1.82, 2.24) is 4.31 Å². The number of hydrogen-bond donors (Lipinski definition) is 1. The summed E-state index contributed by atoms with van der Waals surface area (Å²) >= 11 is 5.92. The first-order chi connectivity index (χ1) is 12.1. The Balaban J connectivity index is 2.36. The molecular weight excluding hydrogens is 374 g/mol. The number of rotatable bonds is 6. The van der Waals surface area contributed by atoms with Crippen LogP contribution in [0.5, 0.6) is 0 Å². The monoisotopic (exact) mass is 395 g/mol. The van der Waals surface area contributed by atoms with Crippen molar-refractivity contribution in [3.8, 4) is 0 Å². The van der Waals surface area contributed by atoms with Gasteiger partial charge in [-0.3, -0.25) is 4.79 Å². The minimum Gasteiger partial charge on any atom is -0.324 e. The summed E-state index contributed by atoms with van der Waals surface area (Å²) in [6, 6.07) is 12.2. The Kier molecular flexibility index (Phi) is 6.28. The zero-order valence-electron chi connectivity index (χ0n) is 15.2. The molecule has 8 heteroatoms. The van der Waals surface area contributed by atoms with Gasteiger partial charge in [0.15, 0.2) is 0 Å². The van der Waals surface area contributed by atoms with Crippen LogP contribution in [-0.2, 0) is 15.0 Å². The molecule has 0 aliphatic carbocycles. The molecule has 0 atom stereocenters. The van der Waals surface area contributed by atoms with Crippen molar-refractivity contribution in [3.05, 3.63) is 58.6 Å². The highest BCUT2D eigenvalue weighted by Gasteiger charge is 2.28. The van der Waals surface area contributed by atoms with Crippen LogP contribution in [0, 0.1) is 13.8 Å². The van der Waals surface area contributed by atoms with Gasteiger partial charge in [-0.2, -0.15) is 12.7 Å². The van der Waals surface area contributed by atoms with Gasteiger partial charge >= 0.3 is 10.2 Å². The van der Waals surface area contributed by atoms with Crippen molar-refractivity contribution < 1.29 is 13.2 Å². The summed E-state index contributed by atoms with van der Waals surface area (Å²) in [5.74, 6) is -0.460. The number of carbonyl (C=O) groups excluding carboxylic acids is 1. The van der Waals surface area contributed by atoms with Crippen molar-refractivity contribution in [1.29, 1.82) is 0 Å². The van der Waals surface area contributed by atoms with E-state index in [4.69, 9.17) is 11.6 Å². The van der Waals surface area contributed by atoms with Crippen LogP contribution >= 0.6 is 11.6 Å². The van der Waals surface area contributed by atoms with Gasteiger partial charge in [-0.15, -0.1) is 0 Å². The Hall–Kier alpha value is -2.09. The number of benzene rings is 2. The number of aryl methyl sites for hydroxylation is 2. The highest BCUT2D eigenvalue weighted by Crippen LogP contribution is 2.25. The Bertz CT molecular complexity index is 914. The first-order valence-electron chi connectivity index (χ1n) is 7.94. The van der Waals surface area contributed by atoms with E-state index in [2.05, 4.69) is 5.32 Å². The van der Waals surface area contributed by atoms with Crippen LogP contribution in [0.1, 0.15) is 11.1 Å². The van der Waals surface area contributed by atoms with Gasteiger partial charge in [-0.1, -0.05) is 29.8 Å². The summed E-state index contributed by atoms with van der Waals surface area (Å²) in [4.78, 5) is 12.5. The minimum absolute atomic E-state index is 0.350. The van der Waals surface area contributed by atoms with Crippen molar-refractivity contribution in [2.45, 2.75) is 13.8 Å². The molecule has 0 aliphatic heterocycles. The largest absolute Gasteiger partial charge is 0.324 e. The van der Waals surface area contributed by atoms with Gasteiger partial charge in [0.2, 0.25) is 5.91 Å². The molecule has 1 amide bonds. The highest BCUT2D eigenvalue weighted by atomic mass is 35.5. The summed E-state index contributed by atoms with van der Waals surface area (Å²) < 4.78 is 27.8. The summed E-state index contributed by atoms with van der Waals surface area (Å²) in [5, 5.41) is 3.16. The van der Waals surface area contributed by atoms with E-state index in [9.17, 15) is 13.2 Å². The number of nitrogens with one attached hydrogen (secondary N) is 1. The lowest BCUT2D eigenvalue weighted by Gasteiger charge is -2.28. The predicted octanol–water partition coefficient (Wildman–Crippen LogP) is 3.21. The quantitative estimate of drug-likeness (QED) is 0.816. The fourth-order valence-corrected chi connectivity index (χ4v) is 3.68. The van der Waals surface area contributed by atoms with Crippen LogP contribution in [0.15, 0.2) is 42.5 Å². The Morgan fingerprint density at radius 3 is 2.42 bits per heavy atom. The van der Waals surface area contributed by atoms with Crippen molar-refractivity contribution in [3.63, 3.8) is 0 Å². The fourth-order valence-electron chi connectivity index (χ4n) is 2.37. The third kappa shape index (κ3) is 4.75. The van der Waals surface area contributed by atoms with Crippen molar-refractivity contribution in [2.24, 2.45) is 0 Å². The number of amides is 1. The molecule has 6 nitrogen and oxygen atoms in total. The maximum Gasteiger partial charge on any atom is 0.304 e. The van der Waals surface area contributed by atoms with E-state index in [1.807, 2.05) is 26.0 Å². The maximum atomic E-state index is 12.8. The Morgan fingerprint density at radius 2 is 1.81 bits per heavy atom. The molecule has 2 aromatic rings. The van der Waals surface area contributed by atoms with E-state index in [0.29, 0.717) is 16.4 Å². The van der Waals surface area contributed by atoms with Crippen LogP contribution in [0.2, 0.25) is 5.02 Å². The smallest absolute Gasteiger partial charge is 0.304 e. The van der Waals surface area contributed by atoms with Crippen LogP contribution in [-0.4, -0.2) is 39.3 Å². The minimum atomic E-state index is -3.85. The molecule has 1 N–H and O–H groups in total. The zero-order chi connectivity index (χ0) is 19.5. The molecule has 140 valence electrons. The molecule has 0 fully saturated rings. The van der Waals surface area contributed by atoms with Gasteiger partial charge < -0.3 is 5.32 Å². The van der Waals surface area contributed by atoms with Crippen molar-refractivity contribution in [2.75, 3.05) is 30.3 Å². The number of hydrogen-bond acceptors (Lipinski definition) is 3. The average Bonchev–Trinajstić information content (AvgIpc) is 2.55. The first-order valence-corrected chi connectivity index (χ1v) is 9.71. The second-order valence-electron chi connectivity index (χ2n) is 6.15. The topological polar surface area (TPSA) is 69.7 Å². The molecule has 0 radical (unpaired) electrons. The molecule has 0 saturated carbocycles. The molecule has 0 unspecified atom stereocenters. The molecule has 0 heterocycles. The second kappa shape index (κ2) is 8.07. The van der Waals surface area contributed by atoms with E-state index in [1.165, 1.54) is 14.1 Å². The van der Waals surface area contributed by atoms with Gasteiger partial charge in [0.1, 0.15) is 6.54 Å². The number of halogens is 1. The summed E-state index contributed by atoms with van der Waals surface area (Å²) in [7, 11) is -0.981. The number of nitrogens with zero attached hydrogens (tertiary/aromatic N) is 2. The zero-order valence-corrected chi connectivity index (χ0v) is 16.7. The molecule has 26 heavy (non-hydrogen) atoms. The SMILES string of the molecule is Cc1ccc(C)c(N(CC(=O)Nc2cccc(Cl)c2)S(=O)(=O)N(C)C)c1.